The number of carbonyl (C=O) groups is 1. The summed E-state index contributed by atoms with van der Waals surface area (Å²) < 4.78 is 5.69. The zero-order chi connectivity index (χ0) is 15.4. The van der Waals surface area contributed by atoms with E-state index in [1.54, 1.807) is 0 Å². The maximum absolute atomic E-state index is 12.2. The number of aryl methyl sites for hydroxylation is 2. The standard InChI is InChI=1S/C17H26N2O2/c1-12-4-5-13(2)16(10-12)21-11-17(20)19-8-6-15(7-9-19)14(3)18/h4-5,10,14-15H,6-9,11,18H2,1-3H3. The first-order chi connectivity index (χ1) is 9.97. The van der Waals surface area contributed by atoms with Crippen molar-refractivity contribution in [1.29, 1.82) is 0 Å². The van der Waals surface area contributed by atoms with E-state index in [-0.39, 0.29) is 18.6 Å². The average molecular weight is 290 g/mol. The van der Waals surface area contributed by atoms with Crippen molar-refractivity contribution in [1.82, 2.24) is 4.90 Å². The summed E-state index contributed by atoms with van der Waals surface area (Å²) in [6.45, 7) is 7.77. The van der Waals surface area contributed by atoms with Crippen molar-refractivity contribution >= 4 is 5.91 Å². The van der Waals surface area contributed by atoms with Gasteiger partial charge in [-0.15, -0.1) is 0 Å². The van der Waals surface area contributed by atoms with Gasteiger partial charge in [0.2, 0.25) is 0 Å². The number of likely N-dealkylation sites (tertiary alicyclic amines) is 1. The smallest absolute Gasteiger partial charge is 0.260 e. The molecule has 2 rings (SSSR count). The zero-order valence-electron chi connectivity index (χ0n) is 13.3. The molecule has 0 saturated carbocycles. The summed E-state index contributed by atoms with van der Waals surface area (Å²) >= 11 is 0. The molecular weight excluding hydrogens is 264 g/mol. The molecule has 1 heterocycles. The summed E-state index contributed by atoms with van der Waals surface area (Å²) in [7, 11) is 0. The first-order valence-corrected chi connectivity index (χ1v) is 7.71. The van der Waals surface area contributed by atoms with Gasteiger partial charge in [0, 0.05) is 19.1 Å². The molecule has 1 aliphatic heterocycles. The van der Waals surface area contributed by atoms with Crippen LogP contribution in [-0.4, -0.2) is 36.5 Å². The van der Waals surface area contributed by atoms with Gasteiger partial charge < -0.3 is 15.4 Å². The maximum atomic E-state index is 12.2. The number of benzene rings is 1. The first kappa shape index (κ1) is 15.8. The van der Waals surface area contributed by atoms with Gasteiger partial charge in [-0.3, -0.25) is 4.79 Å². The number of ether oxygens (including phenoxy) is 1. The molecule has 0 radical (unpaired) electrons. The van der Waals surface area contributed by atoms with Crippen LogP contribution in [0.3, 0.4) is 0 Å². The van der Waals surface area contributed by atoms with E-state index in [0.717, 1.165) is 42.8 Å². The average Bonchev–Trinajstić information content (AvgIpc) is 2.48. The second kappa shape index (κ2) is 6.94. The van der Waals surface area contributed by atoms with E-state index in [2.05, 4.69) is 0 Å². The van der Waals surface area contributed by atoms with E-state index in [1.807, 2.05) is 43.9 Å². The quantitative estimate of drug-likeness (QED) is 0.925. The summed E-state index contributed by atoms with van der Waals surface area (Å²) in [5.41, 5.74) is 8.12. The summed E-state index contributed by atoms with van der Waals surface area (Å²) in [5, 5.41) is 0. The van der Waals surface area contributed by atoms with Crippen LogP contribution >= 0.6 is 0 Å². The SMILES string of the molecule is Cc1ccc(C)c(OCC(=O)N2CCC(C(C)N)CC2)c1. The third-order valence-corrected chi connectivity index (χ3v) is 4.33. The predicted molar refractivity (Wildman–Crippen MR) is 84.4 cm³/mol. The summed E-state index contributed by atoms with van der Waals surface area (Å²) in [5.74, 6) is 1.40. The van der Waals surface area contributed by atoms with Gasteiger partial charge in [0.05, 0.1) is 0 Å². The highest BCUT2D eigenvalue weighted by molar-refractivity contribution is 5.77. The van der Waals surface area contributed by atoms with Crippen molar-refractivity contribution in [3.05, 3.63) is 29.3 Å². The monoisotopic (exact) mass is 290 g/mol. The van der Waals surface area contributed by atoms with Crippen LogP contribution in [0.25, 0.3) is 0 Å². The molecule has 1 aromatic rings. The predicted octanol–water partition coefficient (Wildman–Crippen LogP) is 2.27. The van der Waals surface area contributed by atoms with Crippen LogP contribution in [0.4, 0.5) is 0 Å². The highest BCUT2D eigenvalue weighted by Crippen LogP contribution is 2.21. The van der Waals surface area contributed by atoms with Crippen LogP contribution in [0, 0.1) is 19.8 Å². The fourth-order valence-electron chi connectivity index (χ4n) is 2.77. The molecule has 1 amide bonds. The Bertz CT molecular complexity index is 492. The van der Waals surface area contributed by atoms with Gasteiger partial charge in [-0.2, -0.15) is 0 Å². The van der Waals surface area contributed by atoms with E-state index in [4.69, 9.17) is 10.5 Å². The molecule has 0 aliphatic carbocycles. The second-order valence-corrected chi connectivity index (χ2v) is 6.13. The molecule has 1 saturated heterocycles. The lowest BCUT2D eigenvalue weighted by molar-refractivity contribution is -0.134. The molecule has 0 aromatic heterocycles. The van der Waals surface area contributed by atoms with E-state index in [9.17, 15) is 4.79 Å². The first-order valence-electron chi connectivity index (χ1n) is 7.71. The molecule has 4 heteroatoms. The number of piperidine rings is 1. The Balaban J connectivity index is 1.84. The van der Waals surface area contributed by atoms with Crippen LogP contribution in [0.1, 0.15) is 30.9 Å². The molecule has 1 aromatic carbocycles. The van der Waals surface area contributed by atoms with Gasteiger partial charge in [-0.1, -0.05) is 12.1 Å². The lowest BCUT2D eigenvalue weighted by Gasteiger charge is -2.33. The number of rotatable bonds is 4. The molecule has 0 bridgehead atoms. The zero-order valence-corrected chi connectivity index (χ0v) is 13.3. The van der Waals surface area contributed by atoms with Gasteiger partial charge in [-0.25, -0.2) is 0 Å². The fourth-order valence-corrected chi connectivity index (χ4v) is 2.77. The van der Waals surface area contributed by atoms with E-state index in [0.29, 0.717) is 5.92 Å². The number of nitrogens with two attached hydrogens (primary N) is 1. The van der Waals surface area contributed by atoms with Gasteiger partial charge in [0.15, 0.2) is 6.61 Å². The summed E-state index contributed by atoms with van der Waals surface area (Å²) in [4.78, 5) is 14.1. The van der Waals surface area contributed by atoms with Crippen molar-refractivity contribution < 1.29 is 9.53 Å². The number of amides is 1. The normalized spacial score (nSPS) is 17.6. The molecule has 1 unspecified atom stereocenters. The minimum Gasteiger partial charge on any atom is -0.483 e. The Morgan fingerprint density at radius 2 is 2.05 bits per heavy atom. The topological polar surface area (TPSA) is 55.6 Å². The Kier molecular flexibility index (Phi) is 5.23. The lowest BCUT2D eigenvalue weighted by atomic mass is 9.91. The molecule has 0 spiro atoms. The van der Waals surface area contributed by atoms with Crippen molar-refractivity contribution in [3.63, 3.8) is 0 Å². The van der Waals surface area contributed by atoms with Gasteiger partial charge in [0.25, 0.3) is 5.91 Å². The van der Waals surface area contributed by atoms with Crippen LogP contribution in [-0.2, 0) is 4.79 Å². The number of carbonyl (C=O) groups excluding carboxylic acids is 1. The van der Waals surface area contributed by atoms with Gasteiger partial charge >= 0.3 is 0 Å². The molecular formula is C17H26N2O2. The van der Waals surface area contributed by atoms with Crippen molar-refractivity contribution in [2.45, 2.75) is 39.7 Å². The molecule has 21 heavy (non-hydrogen) atoms. The molecule has 4 nitrogen and oxygen atoms in total. The van der Waals surface area contributed by atoms with Gasteiger partial charge in [0.1, 0.15) is 5.75 Å². The van der Waals surface area contributed by atoms with Crippen LogP contribution in [0.15, 0.2) is 18.2 Å². The fraction of sp³-hybridized carbons (Fsp3) is 0.588. The summed E-state index contributed by atoms with van der Waals surface area (Å²) in [6.07, 6.45) is 1.99. The van der Waals surface area contributed by atoms with E-state index < -0.39 is 0 Å². The second-order valence-electron chi connectivity index (χ2n) is 6.13. The van der Waals surface area contributed by atoms with Crippen molar-refractivity contribution in [3.8, 4) is 5.75 Å². The van der Waals surface area contributed by atoms with Crippen LogP contribution in [0.5, 0.6) is 5.75 Å². The minimum absolute atomic E-state index is 0.0685. The van der Waals surface area contributed by atoms with E-state index >= 15 is 0 Å². The third kappa shape index (κ3) is 4.21. The number of hydrogen-bond donors (Lipinski definition) is 1. The molecule has 1 aliphatic rings. The Hall–Kier alpha value is -1.55. The highest BCUT2D eigenvalue weighted by atomic mass is 16.5. The van der Waals surface area contributed by atoms with Crippen molar-refractivity contribution in [2.75, 3.05) is 19.7 Å². The molecule has 116 valence electrons. The molecule has 1 fully saturated rings. The van der Waals surface area contributed by atoms with Gasteiger partial charge in [-0.05, 0) is 56.7 Å². The van der Waals surface area contributed by atoms with Crippen LogP contribution in [0.2, 0.25) is 0 Å². The Morgan fingerprint density at radius 1 is 1.38 bits per heavy atom. The number of nitrogens with zero attached hydrogens (tertiary/aromatic N) is 1. The Labute approximate surface area is 127 Å². The van der Waals surface area contributed by atoms with E-state index in [1.165, 1.54) is 0 Å². The largest absolute Gasteiger partial charge is 0.483 e. The minimum atomic E-state index is 0.0685. The maximum Gasteiger partial charge on any atom is 0.260 e. The molecule has 2 N–H and O–H groups in total. The highest BCUT2D eigenvalue weighted by Gasteiger charge is 2.24. The third-order valence-electron chi connectivity index (χ3n) is 4.33. The lowest BCUT2D eigenvalue weighted by Crippen LogP contribution is -2.44. The van der Waals surface area contributed by atoms with Crippen molar-refractivity contribution in [2.24, 2.45) is 11.7 Å². The van der Waals surface area contributed by atoms with Crippen LogP contribution < -0.4 is 10.5 Å². The summed E-state index contributed by atoms with van der Waals surface area (Å²) in [6, 6.07) is 6.25. The Morgan fingerprint density at radius 3 is 2.67 bits per heavy atom. The molecule has 1 atom stereocenters. The number of hydrogen-bond acceptors (Lipinski definition) is 3.